The molecule has 0 saturated carbocycles. The summed E-state index contributed by atoms with van der Waals surface area (Å²) in [6, 6.07) is 12.6. The van der Waals surface area contributed by atoms with Crippen LogP contribution >= 0.6 is 0 Å². The zero-order valence-corrected chi connectivity index (χ0v) is 13.1. The summed E-state index contributed by atoms with van der Waals surface area (Å²) in [7, 11) is 0. The molecule has 0 aromatic heterocycles. The van der Waals surface area contributed by atoms with Gasteiger partial charge < -0.3 is 10.4 Å². The molecule has 124 valence electrons. The molecule has 0 atom stereocenters. The van der Waals surface area contributed by atoms with Gasteiger partial charge in [0.25, 0.3) is 11.6 Å². The van der Waals surface area contributed by atoms with Gasteiger partial charge in [-0.15, -0.1) is 0 Å². The van der Waals surface area contributed by atoms with E-state index in [-0.39, 0.29) is 5.69 Å². The molecule has 0 saturated heterocycles. The maximum absolute atomic E-state index is 12.1. The quantitative estimate of drug-likeness (QED) is 0.648. The van der Waals surface area contributed by atoms with Crippen molar-refractivity contribution in [3.63, 3.8) is 0 Å². The normalized spacial score (nSPS) is 10.9. The van der Waals surface area contributed by atoms with Crippen LogP contribution in [0.5, 0.6) is 0 Å². The lowest BCUT2D eigenvalue weighted by atomic mass is 10.0. The Morgan fingerprint density at radius 2 is 1.46 bits per heavy atom. The third-order valence-corrected chi connectivity index (χ3v) is 3.52. The summed E-state index contributed by atoms with van der Waals surface area (Å²) < 4.78 is 0. The minimum absolute atomic E-state index is 0.00523. The van der Waals surface area contributed by atoms with Crippen molar-refractivity contribution in [1.29, 1.82) is 0 Å². The van der Waals surface area contributed by atoms with Crippen LogP contribution in [0.4, 0.5) is 5.69 Å². The summed E-state index contributed by atoms with van der Waals surface area (Å²) in [5, 5.41) is 22.1. The van der Waals surface area contributed by atoms with Gasteiger partial charge in [-0.1, -0.05) is 12.1 Å². The van der Waals surface area contributed by atoms with Crippen LogP contribution in [0.1, 0.15) is 24.2 Å². The van der Waals surface area contributed by atoms with Crippen molar-refractivity contribution in [3.8, 4) is 11.1 Å². The summed E-state index contributed by atoms with van der Waals surface area (Å²) in [5.74, 6) is -1.61. The van der Waals surface area contributed by atoms with Crippen LogP contribution in [-0.4, -0.2) is 27.4 Å². The van der Waals surface area contributed by atoms with Crippen molar-refractivity contribution in [3.05, 3.63) is 64.2 Å². The van der Waals surface area contributed by atoms with Gasteiger partial charge in [0.05, 0.1) is 4.92 Å². The lowest BCUT2D eigenvalue weighted by Gasteiger charge is -2.21. The number of nitro benzene ring substituents is 1. The number of carbonyl (C=O) groups excluding carboxylic acids is 1. The average Bonchev–Trinajstić information content (AvgIpc) is 2.54. The summed E-state index contributed by atoms with van der Waals surface area (Å²) in [4.78, 5) is 33.3. The summed E-state index contributed by atoms with van der Waals surface area (Å²) in [6.07, 6.45) is 0. The highest BCUT2D eigenvalue weighted by Gasteiger charge is 2.29. The van der Waals surface area contributed by atoms with Crippen LogP contribution in [0.15, 0.2) is 48.5 Å². The van der Waals surface area contributed by atoms with Gasteiger partial charge in [0.15, 0.2) is 0 Å². The van der Waals surface area contributed by atoms with Gasteiger partial charge in [-0.3, -0.25) is 14.9 Å². The standard InChI is InChI=1S/C17H16N2O5/c1-17(2,16(21)22)18-15(20)13-5-3-11(4-6-13)12-7-9-14(10-8-12)19(23)24/h3-10H,1-2H3,(H,18,20)(H,21,22). The second-order valence-corrected chi connectivity index (χ2v) is 5.77. The molecule has 0 spiro atoms. The first-order valence-corrected chi connectivity index (χ1v) is 7.11. The van der Waals surface area contributed by atoms with Crippen LogP contribution in [-0.2, 0) is 4.79 Å². The first kappa shape index (κ1) is 17.1. The van der Waals surface area contributed by atoms with E-state index in [1.54, 1.807) is 36.4 Å². The predicted octanol–water partition coefficient (Wildman–Crippen LogP) is 2.85. The van der Waals surface area contributed by atoms with Gasteiger partial charge in [-0.05, 0) is 49.2 Å². The molecular formula is C17H16N2O5. The Labute approximate surface area is 138 Å². The average molecular weight is 328 g/mol. The summed E-state index contributed by atoms with van der Waals surface area (Å²) in [6.45, 7) is 2.80. The van der Waals surface area contributed by atoms with E-state index in [1.807, 2.05) is 0 Å². The van der Waals surface area contributed by atoms with Crippen LogP contribution < -0.4 is 5.32 Å². The third kappa shape index (κ3) is 3.75. The van der Waals surface area contributed by atoms with Crippen molar-refractivity contribution >= 4 is 17.6 Å². The topological polar surface area (TPSA) is 110 Å². The van der Waals surface area contributed by atoms with Crippen LogP contribution in [0.2, 0.25) is 0 Å². The number of nitrogens with zero attached hydrogens (tertiary/aromatic N) is 1. The number of carboxylic acids is 1. The first-order chi connectivity index (χ1) is 11.2. The van der Waals surface area contributed by atoms with Crippen LogP contribution in [0, 0.1) is 10.1 Å². The molecule has 7 nitrogen and oxygen atoms in total. The molecule has 0 bridgehead atoms. The van der Waals surface area contributed by atoms with Gasteiger partial charge in [0.1, 0.15) is 5.54 Å². The fraction of sp³-hybridized carbons (Fsp3) is 0.176. The predicted molar refractivity (Wildman–Crippen MR) is 87.7 cm³/mol. The van der Waals surface area contributed by atoms with E-state index < -0.39 is 22.3 Å². The SMILES string of the molecule is CC(C)(NC(=O)c1ccc(-c2ccc([N+](=O)[O-])cc2)cc1)C(=O)O. The van der Waals surface area contributed by atoms with Crippen molar-refractivity contribution in [2.24, 2.45) is 0 Å². The highest BCUT2D eigenvalue weighted by atomic mass is 16.6. The van der Waals surface area contributed by atoms with E-state index in [0.717, 1.165) is 11.1 Å². The third-order valence-electron chi connectivity index (χ3n) is 3.52. The second-order valence-electron chi connectivity index (χ2n) is 5.77. The largest absolute Gasteiger partial charge is 0.480 e. The van der Waals surface area contributed by atoms with Crippen molar-refractivity contribution in [2.75, 3.05) is 0 Å². The monoisotopic (exact) mass is 328 g/mol. The zero-order chi connectivity index (χ0) is 17.9. The number of nitrogens with one attached hydrogen (secondary N) is 1. The lowest BCUT2D eigenvalue weighted by molar-refractivity contribution is -0.384. The van der Waals surface area contributed by atoms with Gasteiger partial charge >= 0.3 is 5.97 Å². The fourth-order valence-electron chi connectivity index (χ4n) is 2.00. The van der Waals surface area contributed by atoms with E-state index in [2.05, 4.69) is 5.32 Å². The maximum Gasteiger partial charge on any atom is 0.328 e. The van der Waals surface area contributed by atoms with Crippen molar-refractivity contribution in [2.45, 2.75) is 19.4 Å². The Hall–Kier alpha value is -3.22. The van der Waals surface area contributed by atoms with Gasteiger partial charge in [0.2, 0.25) is 0 Å². The summed E-state index contributed by atoms with van der Waals surface area (Å²) in [5.41, 5.74) is 0.534. The molecule has 2 aromatic carbocycles. The molecule has 7 heteroatoms. The molecule has 2 aromatic rings. The molecule has 0 fully saturated rings. The molecule has 0 radical (unpaired) electrons. The number of rotatable bonds is 5. The highest BCUT2D eigenvalue weighted by Crippen LogP contribution is 2.23. The summed E-state index contributed by atoms with van der Waals surface area (Å²) >= 11 is 0. The molecule has 1 amide bonds. The molecule has 0 aliphatic rings. The van der Waals surface area contributed by atoms with Crippen molar-refractivity contribution in [1.82, 2.24) is 5.32 Å². The molecule has 0 unspecified atom stereocenters. The van der Waals surface area contributed by atoms with E-state index >= 15 is 0 Å². The van der Waals surface area contributed by atoms with Crippen LogP contribution in [0.25, 0.3) is 11.1 Å². The molecule has 24 heavy (non-hydrogen) atoms. The van der Waals surface area contributed by atoms with E-state index in [0.29, 0.717) is 5.56 Å². The second kappa shape index (κ2) is 6.49. The Morgan fingerprint density at radius 1 is 1.00 bits per heavy atom. The number of non-ortho nitro benzene ring substituents is 1. The molecule has 0 aliphatic carbocycles. The van der Waals surface area contributed by atoms with Gasteiger partial charge in [0, 0.05) is 17.7 Å². The lowest BCUT2D eigenvalue weighted by Crippen LogP contribution is -2.49. The smallest absolute Gasteiger partial charge is 0.328 e. The Kier molecular flexibility index (Phi) is 4.64. The number of hydrogen-bond acceptors (Lipinski definition) is 4. The molecule has 2 N–H and O–H groups in total. The van der Waals surface area contributed by atoms with Crippen molar-refractivity contribution < 1.29 is 19.6 Å². The Morgan fingerprint density at radius 3 is 1.88 bits per heavy atom. The first-order valence-electron chi connectivity index (χ1n) is 7.11. The van der Waals surface area contributed by atoms with E-state index in [1.165, 1.54) is 26.0 Å². The number of aliphatic carboxylic acids is 1. The number of carboxylic acid groups (broad SMARTS) is 1. The number of amides is 1. The molecule has 2 rings (SSSR count). The fourth-order valence-corrected chi connectivity index (χ4v) is 2.00. The van der Waals surface area contributed by atoms with Gasteiger partial charge in [-0.25, -0.2) is 4.79 Å². The number of benzene rings is 2. The minimum atomic E-state index is -1.37. The highest BCUT2D eigenvalue weighted by molar-refractivity contribution is 5.98. The molecule has 0 aliphatic heterocycles. The number of carbonyl (C=O) groups is 2. The Balaban J connectivity index is 2.17. The minimum Gasteiger partial charge on any atom is -0.480 e. The van der Waals surface area contributed by atoms with E-state index in [4.69, 9.17) is 5.11 Å². The maximum atomic E-state index is 12.1. The molecule has 0 heterocycles. The number of nitro groups is 1. The Bertz CT molecular complexity index is 780. The number of hydrogen-bond donors (Lipinski definition) is 2. The van der Waals surface area contributed by atoms with Gasteiger partial charge in [-0.2, -0.15) is 0 Å². The molecular weight excluding hydrogens is 312 g/mol. The zero-order valence-electron chi connectivity index (χ0n) is 13.1. The van der Waals surface area contributed by atoms with Crippen LogP contribution in [0.3, 0.4) is 0 Å². The van der Waals surface area contributed by atoms with E-state index in [9.17, 15) is 19.7 Å².